The van der Waals surface area contributed by atoms with Crippen molar-refractivity contribution < 1.29 is 0 Å². The van der Waals surface area contributed by atoms with Crippen LogP contribution < -0.4 is 5.73 Å². The highest BCUT2D eigenvalue weighted by atomic mass is 15.2. The van der Waals surface area contributed by atoms with Crippen LogP contribution in [0.4, 0.5) is 0 Å². The lowest BCUT2D eigenvalue weighted by atomic mass is 10.2. The van der Waals surface area contributed by atoms with Crippen LogP contribution in [0.3, 0.4) is 0 Å². The van der Waals surface area contributed by atoms with Crippen LogP contribution in [-0.4, -0.2) is 30.1 Å². The van der Waals surface area contributed by atoms with Gasteiger partial charge in [0, 0.05) is 18.6 Å². The first-order valence-corrected chi connectivity index (χ1v) is 5.76. The second kappa shape index (κ2) is 3.58. The van der Waals surface area contributed by atoms with Gasteiger partial charge in [-0.2, -0.15) is 0 Å². The Labute approximate surface area is 81.5 Å². The third-order valence-electron chi connectivity index (χ3n) is 3.55. The van der Waals surface area contributed by atoms with Crippen LogP contribution in [0.5, 0.6) is 0 Å². The zero-order chi connectivity index (χ0) is 9.31. The van der Waals surface area contributed by atoms with Crippen molar-refractivity contribution in [1.82, 2.24) is 4.90 Å². The molecule has 0 aliphatic heterocycles. The smallest absolute Gasteiger partial charge is 0.0333 e. The van der Waals surface area contributed by atoms with E-state index in [2.05, 4.69) is 11.8 Å². The van der Waals surface area contributed by atoms with Crippen LogP contribution in [0.15, 0.2) is 0 Å². The molecule has 0 heterocycles. The van der Waals surface area contributed by atoms with Gasteiger partial charge in [-0.1, -0.05) is 6.92 Å². The van der Waals surface area contributed by atoms with Gasteiger partial charge in [-0.15, -0.1) is 0 Å². The van der Waals surface area contributed by atoms with Gasteiger partial charge in [0.25, 0.3) is 0 Å². The van der Waals surface area contributed by atoms with E-state index in [1.807, 2.05) is 0 Å². The molecule has 2 rings (SSSR count). The van der Waals surface area contributed by atoms with E-state index < -0.39 is 0 Å². The number of hydrogen-bond donors (Lipinski definition) is 1. The molecule has 0 saturated heterocycles. The minimum Gasteiger partial charge on any atom is -0.329 e. The summed E-state index contributed by atoms with van der Waals surface area (Å²) >= 11 is 0. The molecule has 0 unspecified atom stereocenters. The van der Waals surface area contributed by atoms with Crippen molar-refractivity contribution in [3.8, 4) is 0 Å². The summed E-state index contributed by atoms with van der Waals surface area (Å²) in [6.07, 6.45) is 6.88. The Bertz CT molecular complexity index is 171. The molecule has 0 aromatic heterocycles. The Morgan fingerprint density at radius 1 is 1.38 bits per heavy atom. The van der Waals surface area contributed by atoms with Crippen LogP contribution in [0, 0.1) is 5.92 Å². The summed E-state index contributed by atoms with van der Waals surface area (Å²) < 4.78 is 0. The Morgan fingerprint density at radius 2 is 2.08 bits per heavy atom. The summed E-state index contributed by atoms with van der Waals surface area (Å²) in [7, 11) is 0. The molecule has 0 radical (unpaired) electrons. The maximum absolute atomic E-state index is 5.85. The molecule has 2 saturated carbocycles. The lowest BCUT2D eigenvalue weighted by Gasteiger charge is -2.30. The standard InChI is InChI=1S/C11H22N2/c1-2-7-13(8-10-3-4-10)11(9-12)5-6-11/h10H,2-9,12H2,1H3. The molecule has 2 N–H and O–H groups in total. The molecule has 0 spiro atoms. The highest BCUT2D eigenvalue weighted by Gasteiger charge is 2.47. The minimum absolute atomic E-state index is 0.443. The maximum atomic E-state index is 5.85. The summed E-state index contributed by atoms with van der Waals surface area (Å²) in [5.41, 5.74) is 6.30. The molecule has 2 nitrogen and oxygen atoms in total. The van der Waals surface area contributed by atoms with E-state index in [4.69, 9.17) is 5.73 Å². The van der Waals surface area contributed by atoms with E-state index in [0.717, 1.165) is 12.5 Å². The summed E-state index contributed by atoms with van der Waals surface area (Å²) in [5, 5.41) is 0. The molecule has 0 aromatic carbocycles. The highest BCUT2D eigenvalue weighted by molar-refractivity contribution is 5.05. The first kappa shape index (κ1) is 9.47. The number of nitrogens with two attached hydrogens (primary N) is 1. The van der Waals surface area contributed by atoms with Gasteiger partial charge in [0.1, 0.15) is 0 Å². The van der Waals surface area contributed by atoms with E-state index >= 15 is 0 Å². The first-order chi connectivity index (χ1) is 6.30. The Morgan fingerprint density at radius 3 is 2.46 bits per heavy atom. The second-order valence-electron chi connectivity index (χ2n) is 4.82. The van der Waals surface area contributed by atoms with Crippen molar-refractivity contribution in [2.75, 3.05) is 19.6 Å². The maximum Gasteiger partial charge on any atom is 0.0333 e. The lowest BCUT2D eigenvalue weighted by molar-refractivity contribution is 0.173. The average Bonchev–Trinajstić information content (AvgIpc) is 3.00. The van der Waals surface area contributed by atoms with Gasteiger partial charge in [0.2, 0.25) is 0 Å². The monoisotopic (exact) mass is 182 g/mol. The molecule has 2 fully saturated rings. The Hall–Kier alpha value is -0.0800. The van der Waals surface area contributed by atoms with Crippen LogP contribution in [0.2, 0.25) is 0 Å². The fourth-order valence-electron chi connectivity index (χ4n) is 2.20. The summed E-state index contributed by atoms with van der Waals surface area (Å²) in [4.78, 5) is 2.67. The third kappa shape index (κ3) is 2.05. The summed E-state index contributed by atoms with van der Waals surface area (Å²) in [6.45, 7) is 5.73. The van der Waals surface area contributed by atoms with Crippen LogP contribution in [0.1, 0.15) is 39.0 Å². The van der Waals surface area contributed by atoms with E-state index in [1.54, 1.807) is 0 Å². The van der Waals surface area contributed by atoms with E-state index in [-0.39, 0.29) is 0 Å². The topological polar surface area (TPSA) is 29.3 Å². The van der Waals surface area contributed by atoms with Gasteiger partial charge in [-0.25, -0.2) is 0 Å². The fourth-order valence-corrected chi connectivity index (χ4v) is 2.20. The van der Waals surface area contributed by atoms with Gasteiger partial charge in [0.15, 0.2) is 0 Å². The fraction of sp³-hybridized carbons (Fsp3) is 1.00. The Kier molecular flexibility index (Phi) is 2.61. The molecule has 13 heavy (non-hydrogen) atoms. The van der Waals surface area contributed by atoms with E-state index in [1.165, 1.54) is 45.2 Å². The minimum atomic E-state index is 0.443. The van der Waals surface area contributed by atoms with Crippen LogP contribution in [-0.2, 0) is 0 Å². The largest absolute Gasteiger partial charge is 0.329 e. The van der Waals surface area contributed by atoms with Crippen molar-refractivity contribution in [2.45, 2.75) is 44.6 Å². The molecular weight excluding hydrogens is 160 g/mol. The molecule has 2 aliphatic rings. The molecule has 0 aromatic rings. The van der Waals surface area contributed by atoms with E-state index in [0.29, 0.717) is 5.54 Å². The number of hydrogen-bond acceptors (Lipinski definition) is 2. The molecule has 0 atom stereocenters. The summed E-state index contributed by atoms with van der Waals surface area (Å²) in [5.74, 6) is 1.01. The van der Waals surface area contributed by atoms with Crippen molar-refractivity contribution in [2.24, 2.45) is 11.7 Å². The van der Waals surface area contributed by atoms with Gasteiger partial charge >= 0.3 is 0 Å². The normalized spacial score (nSPS) is 25.2. The van der Waals surface area contributed by atoms with Gasteiger partial charge in [-0.3, -0.25) is 4.90 Å². The number of nitrogens with zero attached hydrogens (tertiary/aromatic N) is 1. The molecule has 76 valence electrons. The van der Waals surface area contributed by atoms with Crippen molar-refractivity contribution in [3.05, 3.63) is 0 Å². The van der Waals surface area contributed by atoms with Gasteiger partial charge < -0.3 is 5.73 Å². The zero-order valence-corrected chi connectivity index (χ0v) is 8.76. The predicted molar refractivity (Wildman–Crippen MR) is 55.6 cm³/mol. The highest BCUT2D eigenvalue weighted by Crippen LogP contribution is 2.43. The zero-order valence-electron chi connectivity index (χ0n) is 8.76. The molecule has 0 bridgehead atoms. The van der Waals surface area contributed by atoms with Gasteiger partial charge in [-0.05, 0) is 44.6 Å². The van der Waals surface area contributed by atoms with E-state index in [9.17, 15) is 0 Å². The van der Waals surface area contributed by atoms with Crippen LogP contribution in [0.25, 0.3) is 0 Å². The van der Waals surface area contributed by atoms with Crippen molar-refractivity contribution in [3.63, 3.8) is 0 Å². The molecule has 0 amide bonds. The van der Waals surface area contributed by atoms with Crippen LogP contribution >= 0.6 is 0 Å². The average molecular weight is 182 g/mol. The SMILES string of the molecule is CCCN(CC1CC1)C1(CN)CC1. The lowest BCUT2D eigenvalue weighted by Crippen LogP contribution is -2.44. The summed E-state index contributed by atoms with van der Waals surface area (Å²) in [6, 6.07) is 0. The predicted octanol–water partition coefficient (Wildman–Crippen LogP) is 1.60. The molecule has 2 aliphatic carbocycles. The van der Waals surface area contributed by atoms with Crippen molar-refractivity contribution in [1.29, 1.82) is 0 Å². The quantitative estimate of drug-likeness (QED) is 0.676. The second-order valence-corrected chi connectivity index (χ2v) is 4.82. The third-order valence-corrected chi connectivity index (χ3v) is 3.55. The molecule has 2 heteroatoms. The first-order valence-electron chi connectivity index (χ1n) is 5.76. The Balaban J connectivity index is 1.87. The van der Waals surface area contributed by atoms with Crippen molar-refractivity contribution >= 4 is 0 Å². The number of rotatable bonds is 6. The molecular formula is C11H22N2. The van der Waals surface area contributed by atoms with Gasteiger partial charge in [0.05, 0.1) is 0 Å².